The molecular formula is C62H37BN2OS. The molecule has 15 rings (SSSR count). The van der Waals surface area contributed by atoms with E-state index in [0.717, 1.165) is 39.4 Å². The second-order valence-electron chi connectivity index (χ2n) is 17.8. The normalized spacial score (nSPS) is 13.0. The number of furan rings is 1. The Morgan fingerprint density at radius 3 is 1.34 bits per heavy atom. The molecule has 0 radical (unpaired) electrons. The zero-order valence-electron chi connectivity index (χ0n) is 36.2. The molecule has 0 amide bonds. The molecule has 2 aliphatic rings. The second kappa shape index (κ2) is 14.1. The van der Waals surface area contributed by atoms with Gasteiger partial charge in [-0.15, -0.1) is 11.3 Å². The third kappa shape index (κ3) is 5.06. The van der Waals surface area contributed by atoms with Crippen LogP contribution in [0.2, 0.25) is 0 Å². The highest BCUT2D eigenvalue weighted by molar-refractivity contribution is 7.26. The quantitative estimate of drug-likeness (QED) is 0.130. The molecule has 0 saturated heterocycles. The van der Waals surface area contributed by atoms with Crippen molar-refractivity contribution in [1.29, 1.82) is 0 Å². The van der Waals surface area contributed by atoms with Gasteiger partial charge in [0.2, 0.25) is 0 Å². The number of anilines is 6. The highest BCUT2D eigenvalue weighted by Crippen LogP contribution is 2.56. The molecule has 0 atom stereocenters. The van der Waals surface area contributed by atoms with Crippen LogP contribution in [0, 0.1) is 0 Å². The number of fused-ring (bicyclic) bond motifs is 14. The van der Waals surface area contributed by atoms with Crippen molar-refractivity contribution in [2.24, 2.45) is 0 Å². The van der Waals surface area contributed by atoms with E-state index in [4.69, 9.17) is 4.42 Å². The Morgan fingerprint density at radius 2 is 0.761 bits per heavy atom. The minimum atomic E-state index is -0.189. The lowest BCUT2D eigenvalue weighted by Crippen LogP contribution is -2.60. The third-order valence-electron chi connectivity index (χ3n) is 14.4. The SMILES string of the molecule is c1ccc(-c2c(N3c4cccc5c4B(c4oc6ccccc6c4N5c4c(-c5ccccc5)c5ccccc5c5ccccc45)c4c3sc3ccccc43)c3ccccc3c3ccccc23)cc1. The van der Waals surface area contributed by atoms with Crippen LogP contribution in [-0.2, 0) is 0 Å². The summed E-state index contributed by atoms with van der Waals surface area (Å²) in [5.74, 6) is 0. The van der Waals surface area contributed by atoms with E-state index in [2.05, 4.69) is 234 Å². The van der Waals surface area contributed by atoms with E-state index >= 15 is 0 Å². The van der Waals surface area contributed by atoms with Gasteiger partial charge in [-0.25, -0.2) is 0 Å². The van der Waals surface area contributed by atoms with Gasteiger partial charge in [-0.3, -0.25) is 0 Å². The lowest BCUT2D eigenvalue weighted by atomic mass is 9.35. The zero-order chi connectivity index (χ0) is 43.7. The number of para-hydroxylation sites is 1. The molecule has 13 aromatic rings. The molecule has 11 aromatic carbocycles. The first-order chi connectivity index (χ1) is 33.3. The van der Waals surface area contributed by atoms with Gasteiger partial charge in [0.15, 0.2) is 0 Å². The molecule has 67 heavy (non-hydrogen) atoms. The lowest BCUT2D eigenvalue weighted by Gasteiger charge is -2.42. The summed E-state index contributed by atoms with van der Waals surface area (Å²) in [7, 11) is 0. The van der Waals surface area contributed by atoms with Crippen molar-refractivity contribution >= 4 is 132 Å². The van der Waals surface area contributed by atoms with Gasteiger partial charge in [-0.05, 0) is 90.1 Å². The smallest absolute Gasteiger partial charge is 0.298 e. The van der Waals surface area contributed by atoms with E-state index in [-0.39, 0.29) is 6.71 Å². The van der Waals surface area contributed by atoms with E-state index in [0.29, 0.717) is 0 Å². The van der Waals surface area contributed by atoms with Gasteiger partial charge in [-0.1, -0.05) is 194 Å². The van der Waals surface area contributed by atoms with Gasteiger partial charge < -0.3 is 14.2 Å². The summed E-state index contributed by atoms with van der Waals surface area (Å²) in [6.07, 6.45) is 0. The van der Waals surface area contributed by atoms with Crippen molar-refractivity contribution in [2.45, 2.75) is 0 Å². The molecule has 0 spiro atoms. The minimum Gasteiger partial charge on any atom is -0.468 e. The summed E-state index contributed by atoms with van der Waals surface area (Å²) >= 11 is 1.89. The highest BCUT2D eigenvalue weighted by Gasteiger charge is 2.49. The van der Waals surface area contributed by atoms with Gasteiger partial charge in [0.25, 0.3) is 6.71 Å². The first kappa shape index (κ1) is 36.9. The van der Waals surface area contributed by atoms with Crippen molar-refractivity contribution in [1.82, 2.24) is 0 Å². The molecule has 310 valence electrons. The maximum absolute atomic E-state index is 7.42. The molecule has 3 nitrogen and oxygen atoms in total. The Kier molecular flexibility index (Phi) is 7.75. The average Bonchev–Trinajstić information content (AvgIpc) is 3.98. The van der Waals surface area contributed by atoms with Crippen molar-refractivity contribution in [3.05, 3.63) is 224 Å². The van der Waals surface area contributed by atoms with Crippen LogP contribution < -0.4 is 26.4 Å². The Bertz CT molecular complexity index is 4190. The molecule has 0 N–H and O–H groups in total. The van der Waals surface area contributed by atoms with Gasteiger partial charge in [0.1, 0.15) is 5.58 Å². The maximum Gasteiger partial charge on any atom is 0.298 e. The molecule has 2 aromatic heterocycles. The van der Waals surface area contributed by atoms with Crippen LogP contribution in [0.25, 0.3) is 86.4 Å². The average molecular weight is 869 g/mol. The van der Waals surface area contributed by atoms with Crippen LogP contribution in [0.1, 0.15) is 0 Å². The Hall–Kier alpha value is -8.38. The predicted molar refractivity (Wildman–Crippen MR) is 287 cm³/mol. The third-order valence-corrected chi connectivity index (χ3v) is 15.6. The van der Waals surface area contributed by atoms with E-state index in [1.807, 2.05) is 11.3 Å². The number of benzene rings is 11. The Balaban J connectivity index is 1.14. The summed E-state index contributed by atoms with van der Waals surface area (Å²) in [4.78, 5) is 5.22. The molecular weight excluding hydrogens is 832 g/mol. The van der Waals surface area contributed by atoms with E-state index < -0.39 is 0 Å². The van der Waals surface area contributed by atoms with Gasteiger partial charge in [-0.2, -0.15) is 0 Å². The van der Waals surface area contributed by atoms with Crippen LogP contribution in [0.3, 0.4) is 0 Å². The molecule has 0 fully saturated rings. The summed E-state index contributed by atoms with van der Waals surface area (Å²) in [6.45, 7) is -0.189. The van der Waals surface area contributed by atoms with Crippen molar-refractivity contribution in [3.8, 4) is 22.3 Å². The topological polar surface area (TPSA) is 19.6 Å². The second-order valence-corrected chi connectivity index (χ2v) is 18.8. The highest BCUT2D eigenvalue weighted by atomic mass is 32.1. The van der Waals surface area contributed by atoms with Crippen LogP contribution in [0.5, 0.6) is 0 Å². The van der Waals surface area contributed by atoms with Crippen LogP contribution in [-0.4, -0.2) is 6.71 Å². The predicted octanol–water partition coefficient (Wildman–Crippen LogP) is 15.7. The monoisotopic (exact) mass is 868 g/mol. The number of thiophene rings is 1. The van der Waals surface area contributed by atoms with Crippen LogP contribution in [0.15, 0.2) is 229 Å². The standard InChI is InChI=1S/C62H37BN2OS/c1-3-20-38(21-4-1)54-44-28-11-7-24-40(44)42-26-9-13-30-46(42)58(54)64-50-34-19-35-51-57(50)63(61-60(64)48-32-15-17-36-52(48)66-61)56-49-33-16-18-37-53(49)67-62(56)65(51)59-47-31-14-10-27-43(47)41-25-8-12-29-45(41)55(59)39-22-5-2-6-23-39/h1-37H. The van der Waals surface area contributed by atoms with Crippen LogP contribution in [0.4, 0.5) is 33.4 Å². The summed E-state index contributed by atoms with van der Waals surface area (Å²) in [6, 6.07) is 82.5. The summed E-state index contributed by atoms with van der Waals surface area (Å²) < 4.78 is 8.67. The van der Waals surface area contributed by atoms with Gasteiger partial charge in [0.05, 0.1) is 27.7 Å². The van der Waals surface area contributed by atoms with Crippen molar-refractivity contribution in [2.75, 3.05) is 9.80 Å². The van der Waals surface area contributed by atoms with Crippen LogP contribution >= 0.6 is 11.3 Å². The first-order valence-corrected chi connectivity index (χ1v) is 23.9. The van der Waals surface area contributed by atoms with E-state index in [1.54, 1.807) is 0 Å². The lowest BCUT2D eigenvalue weighted by molar-refractivity contribution is 0.651. The summed E-state index contributed by atoms with van der Waals surface area (Å²) in [5, 5.41) is 13.4. The fourth-order valence-corrected chi connectivity index (χ4v) is 13.1. The van der Waals surface area contributed by atoms with E-state index in [9.17, 15) is 0 Å². The Labute approximate surface area is 391 Å². The molecule has 5 heteroatoms. The van der Waals surface area contributed by atoms with Gasteiger partial charge >= 0.3 is 0 Å². The number of nitrogens with zero attached hydrogens (tertiary/aromatic N) is 2. The molecule has 4 heterocycles. The van der Waals surface area contributed by atoms with E-state index in [1.165, 1.54) is 97.0 Å². The molecule has 0 saturated carbocycles. The van der Waals surface area contributed by atoms with Crippen molar-refractivity contribution in [3.63, 3.8) is 0 Å². The Morgan fingerprint density at radius 1 is 0.328 bits per heavy atom. The molecule has 0 bridgehead atoms. The zero-order valence-corrected chi connectivity index (χ0v) is 37.0. The minimum absolute atomic E-state index is 0.189. The fourth-order valence-electron chi connectivity index (χ4n) is 11.8. The largest absolute Gasteiger partial charge is 0.468 e. The number of hydrogen-bond acceptors (Lipinski definition) is 4. The number of rotatable bonds is 4. The van der Waals surface area contributed by atoms with Crippen molar-refractivity contribution < 1.29 is 4.42 Å². The molecule has 2 aliphatic heterocycles. The number of hydrogen-bond donors (Lipinski definition) is 0. The summed E-state index contributed by atoms with van der Waals surface area (Å²) in [5.41, 5.74) is 14.9. The van der Waals surface area contributed by atoms with Gasteiger partial charge in [0, 0.05) is 43.4 Å². The molecule has 0 aliphatic carbocycles. The molecule has 0 unspecified atom stereocenters. The fraction of sp³-hybridized carbons (Fsp3) is 0. The maximum atomic E-state index is 7.42. The first-order valence-electron chi connectivity index (χ1n) is 23.1.